The number of rotatable bonds is 5. The summed E-state index contributed by atoms with van der Waals surface area (Å²) >= 11 is 0. The fourth-order valence-corrected chi connectivity index (χ4v) is 2.40. The van der Waals surface area contributed by atoms with Gasteiger partial charge in [-0.15, -0.1) is 5.01 Å². The van der Waals surface area contributed by atoms with E-state index in [4.69, 9.17) is 14.8 Å². The molecule has 1 fully saturated rings. The predicted molar refractivity (Wildman–Crippen MR) is 89.3 cm³/mol. The molecule has 12 nitrogen and oxygen atoms in total. The molecule has 0 bridgehead atoms. The summed E-state index contributed by atoms with van der Waals surface area (Å²) < 4.78 is 4.94. The number of carbonyl (C=O) groups is 1. The molecule has 1 aromatic carbocycles. The lowest BCUT2D eigenvalue weighted by Crippen LogP contribution is -2.37. The summed E-state index contributed by atoms with van der Waals surface area (Å²) in [5, 5.41) is 36.6. The molecule has 0 radical (unpaired) electrons. The van der Waals surface area contributed by atoms with E-state index < -0.39 is 11.0 Å². The lowest BCUT2D eigenvalue weighted by atomic mass is 10.2. The monoisotopic (exact) mass is 378 g/mol. The smallest absolute Gasteiger partial charge is 0.409 e. The molecule has 1 amide bonds. The standard InChI is InChI=1S/C15H18N6O6/c1-2-26-15(22)18-6-3-7-19(9-8-18)21(25)17-27-14-5-4-13(20(23)24)10-12(14)11-16/h4-5,10H,2-3,6-9H2,1H3/b21-17-. The van der Waals surface area contributed by atoms with Gasteiger partial charge in [-0.3, -0.25) is 10.1 Å². The van der Waals surface area contributed by atoms with E-state index in [1.807, 2.05) is 0 Å². The number of nitrogens with zero attached hydrogens (tertiary/aromatic N) is 6. The lowest BCUT2D eigenvalue weighted by molar-refractivity contribution is -0.706. The third-order valence-electron chi connectivity index (χ3n) is 3.74. The minimum Gasteiger partial charge on any atom is -0.569 e. The lowest BCUT2D eigenvalue weighted by Gasteiger charge is -2.19. The number of nitro groups is 1. The van der Waals surface area contributed by atoms with Crippen LogP contribution in [0.5, 0.6) is 5.75 Å². The number of nitro benzene ring substituents is 1. The zero-order valence-corrected chi connectivity index (χ0v) is 14.6. The van der Waals surface area contributed by atoms with Gasteiger partial charge in [0, 0.05) is 25.2 Å². The van der Waals surface area contributed by atoms with Crippen molar-refractivity contribution in [2.75, 3.05) is 32.8 Å². The number of hydrogen-bond donors (Lipinski definition) is 0. The van der Waals surface area contributed by atoms with Crippen molar-refractivity contribution in [3.8, 4) is 11.8 Å². The normalized spacial score (nSPS) is 14.9. The maximum absolute atomic E-state index is 12.1. The summed E-state index contributed by atoms with van der Waals surface area (Å²) in [5.74, 6) is -0.0769. The van der Waals surface area contributed by atoms with Gasteiger partial charge >= 0.3 is 6.09 Å². The molecule has 1 aliphatic heterocycles. The zero-order chi connectivity index (χ0) is 19.8. The van der Waals surface area contributed by atoms with Crippen molar-refractivity contribution in [3.63, 3.8) is 0 Å². The van der Waals surface area contributed by atoms with Crippen molar-refractivity contribution in [2.45, 2.75) is 13.3 Å². The van der Waals surface area contributed by atoms with Gasteiger partial charge in [-0.05, 0) is 19.4 Å². The molecule has 1 heterocycles. The number of hydrogen-bond acceptors (Lipinski definition) is 8. The molecule has 0 N–H and O–H groups in total. The Morgan fingerprint density at radius 1 is 1.33 bits per heavy atom. The highest BCUT2D eigenvalue weighted by Crippen LogP contribution is 2.23. The van der Waals surface area contributed by atoms with E-state index in [1.54, 1.807) is 13.0 Å². The highest BCUT2D eigenvalue weighted by atomic mass is 16.7. The van der Waals surface area contributed by atoms with Crippen molar-refractivity contribution in [1.29, 1.82) is 5.26 Å². The van der Waals surface area contributed by atoms with Crippen LogP contribution >= 0.6 is 0 Å². The molecule has 0 unspecified atom stereocenters. The average Bonchev–Trinajstić information content (AvgIpc) is 2.92. The molecule has 27 heavy (non-hydrogen) atoms. The zero-order valence-electron chi connectivity index (χ0n) is 14.6. The first-order chi connectivity index (χ1) is 13.0. The van der Waals surface area contributed by atoms with Crippen molar-refractivity contribution in [1.82, 2.24) is 9.91 Å². The van der Waals surface area contributed by atoms with Gasteiger partial charge in [0.05, 0.1) is 29.6 Å². The van der Waals surface area contributed by atoms with E-state index in [0.717, 1.165) is 12.1 Å². The first-order valence-electron chi connectivity index (χ1n) is 8.16. The summed E-state index contributed by atoms with van der Waals surface area (Å²) in [6, 6.07) is 5.12. The van der Waals surface area contributed by atoms with Crippen LogP contribution in [0.4, 0.5) is 10.5 Å². The van der Waals surface area contributed by atoms with Gasteiger partial charge in [0.1, 0.15) is 11.6 Å². The third-order valence-corrected chi connectivity index (χ3v) is 3.74. The van der Waals surface area contributed by atoms with Crippen molar-refractivity contribution in [3.05, 3.63) is 39.1 Å². The van der Waals surface area contributed by atoms with Crippen molar-refractivity contribution >= 4 is 11.8 Å². The van der Waals surface area contributed by atoms with E-state index in [9.17, 15) is 20.1 Å². The topological polar surface area (TPSA) is 147 Å². The molecule has 0 aromatic heterocycles. The molecule has 0 spiro atoms. The fourth-order valence-electron chi connectivity index (χ4n) is 2.40. The van der Waals surface area contributed by atoms with E-state index >= 15 is 0 Å². The van der Waals surface area contributed by atoms with Gasteiger partial charge in [0.2, 0.25) is 5.28 Å². The Morgan fingerprint density at radius 3 is 2.78 bits per heavy atom. The minimum atomic E-state index is -0.645. The molecule has 0 atom stereocenters. The predicted octanol–water partition coefficient (Wildman–Crippen LogP) is 1.80. The molecular formula is C15H18N6O6. The number of hydrazine groups is 1. The summed E-state index contributed by atoms with van der Waals surface area (Å²) in [6.45, 7) is 3.29. The molecule has 1 aliphatic rings. The summed E-state index contributed by atoms with van der Waals surface area (Å²) in [5.41, 5.74) is -0.393. The molecule has 0 aliphatic carbocycles. The molecule has 2 rings (SSSR count). The van der Waals surface area contributed by atoms with Crippen molar-refractivity contribution in [2.24, 2.45) is 5.28 Å². The molecule has 12 heteroatoms. The Balaban J connectivity index is 2.02. The van der Waals surface area contributed by atoms with Crippen LogP contribution < -0.4 is 4.84 Å². The van der Waals surface area contributed by atoms with Crippen LogP contribution in [0.2, 0.25) is 0 Å². The summed E-state index contributed by atoms with van der Waals surface area (Å²) in [4.78, 5) is 28.6. The largest absolute Gasteiger partial charge is 0.569 e. The second-order valence-corrected chi connectivity index (χ2v) is 5.47. The van der Waals surface area contributed by atoms with E-state index in [2.05, 4.69) is 5.28 Å². The van der Waals surface area contributed by atoms with Crippen LogP contribution in [0.3, 0.4) is 0 Å². The minimum absolute atomic E-state index is 0.0769. The number of non-ortho nitro benzene ring substituents is 1. The first kappa shape index (κ1) is 19.7. The maximum atomic E-state index is 12.1. The SMILES string of the molecule is CCOC(=O)N1CCCN(/[N+]([O-])=N/Oc2ccc([N+](=O)[O-])cc2C#N)CC1. The molecule has 0 saturated carbocycles. The van der Waals surface area contributed by atoms with Gasteiger partial charge in [-0.25, -0.2) is 4.79 Å². The number of amides is 1. The Kier molecular flexibility index (Phi) is 6.70. The van der Waals surface area contributed by atoms with Crippen LogP contribution in [0.25, 0.3) is 0 Å². The van der Waals surface area contributed by atoms with Gasteiger partial charge in [-0.1, -0.05) is 0 Å². The van der Waals surface area contributed by atoms with E-state index in [-0.39, 0.29) is 41.7 Å². The van der Waals surface area contributed by atoms with Gasteiger partial charge in [0.25, 0.3) is 5.69 Å². The number of benzene rings is 1. The highest BCUT2D eigenvalue weighted by molar-refractivity contribution is 5.67. The maximum Gasteiger partial charge on any atom is 0.409 e. The van der Waals surface area contributed by atoms with Crippen LogP contribution in [0, 0.1) is 26.7 Å². The van der Waals surface area contributed by atoms with Crippen LogP contribution in [-0.2, 0) is 4.74 Å². The van der Waals surface area contributed by atoms with Gasteiger partial charge in [-0.2, -0.15) is 5.26 Å². The Hall–Kier alpha value is -3.62. The Labute approximate surface area is 154 Å². The Bertz CT molecular complexity index is 777. The van der Waals surface area contributed by atoms with Crippen LogP contribution in [0.1, 0.15) is 18.9 Å². The Morgan fingerprint density at radius 2 is 2.11 bits per heavy atom. The molecule has 1 aromatic rings. The van der Waals surface area contributed by atoms with Gasteiger partial charge < -0.3 is 19.7 Å². The van der Waals surface area contributed by atoms with E-state index in [1.165, 1.54) is 16.0 Å². The first-order valence-corrected chi connectivity index (χ1v) is 8.16. The third kappa shape index (κ3) is 5.18. The van der Waals surface area contributed by atoms with Crippen molar-refractivity contribution < 1.29 is 24.3 Å². The van der Waals surface area contributed by atoms with Gasteiger partial charge in [0.15, 0.2) is 5.75 Å². The van der Waals surface area contributed by atoms with Crippen LogP contribution in [0.15, 0.2) is 23.5 Å². The number of ether oxygens (including phenoxy) is 1. The average molecular weight is 378 g/mol. The second kappa shape index (κ2) is 9.18. The molecule has 144 valence electrons. The highest BCUT2D eigenvalue weighted by Gasteiger charge is 2.24. The fraction of sp³-hybridized carbons (Fsp3) is 0.467. The summed E-state index contributed by atoms with van der Waals surface area (Å²) in [7, 11) is 0. The second-order valence-electron chi connectivity index (χ2n) is 5.47. The number of carbonyl (C=O) groups excluding carboxylic acids is 1. The number of nitriles is 1. The molecule has 1 saturated heterocycles. The van der Waals surface area contributed by atoms with Crippen LogP contribution in [-0.4, -0.2) is 58.7 Å². The van der Waals surface area contributed by atoms with E-state index in [0.29, 0.717) is 19.5 Å². The summed E-state index contributed by atoms with van der Waals surface area (Å²) in [6.07, 6.45) is 0.100. The quantitative estimate of drug-likeness (QED) is 0.326. The molecular weight excluding hydrogens is 360 g/mol.